The lowest BCUT2D eigenvalue weighted by Gasteiger charge is -2.21. The predicted octanol–water partition coefficient (Wildman–Crippen LogP) is 3.21. The Hall–Kier alpha value is -1.59. The van der Waals surface area contributed by atoms with E-state index in [4.69, 9.17) is 5.11 Å². The van der Waals surface area contributed by atoms with Gasteiger partial charge >= 0.3 is 12.1 Å². The summed E-state index contributed by atoms with van der Waals surface area (Å²) in [6.45, 7) is 2.29. The Morgan fingerprint density at radius 3 is 2.18 bits per heavy atom. The van der Waals surface area contributed by atoms with Crippen LogP contribution in [0.2, 0.25) is 0 Å². The van der Waals surface area contributed by atoms with Crippen molar-refractivity contribution in [2.24, 2.45) is 0 Å². The molecule has 17 heavy (non-hydrogen) atoms. The van der Waals surface area contributed by atoms with Gasteiger partial charge in [0.2, 0.25) is 0 Å². The van der Waals surface area contributed by atoms with E-state index in [0.29, 0.717) is 18.2 Å². The molecule has 0 saturated carbocycles. The van der Waals surface area contributed by atoms with Crippen LogP contribution in [0.15, 0.2) is 18.2 Å². The number of benzene rings is 1. The van der Waals surface area contributed by atoms with Gasteiger partial charge in [-0.25, -0.2) is 4.39 Å². The van der Waals surface area contributed by atoms with Crippen molar-refractivity contribution < 1.29 is 27.5 Å². The second-order valence-electron chi connectivity index (χ2n) is 4.12. The zero-order valence-corrected chi connectivity index (χ0v) is 9.10. The highest BCUT2D eigenvalue weighted by atomic mass is 19.4. The van der Waals surface area contributed by atoms with Gasteiger partial charge in [0, 0.05) is 5.56 Å². The van der Waals surface area contributed by atoms with Gasteiger partial charge in [-0.15, -0.1) is 0 Å². The van der Waals surface area contributed by atoms with Gasteiger partial charge in [-0.05, 0) is 32.0 Å². The van der Waals surface area contributed by atoms with Crippen LogP contribution >= 0.6 is 0 Å². The average Bonchev–Trinajstić information content (AvgIpc) is 2.15. The SMILES string of the molecule is CC(C)(C(=O)O)c1cc(C(F)(F)F)ccc1F. The van der Waals surface area contributed by atoms with Crippen LogP contribution in [0, 0.1) is 5.82 Å². The van der Waals surface area contributed by atoms with E-state index in [1.54, 1.807) is 0 Å². The molecule has 0 spiro atoms. The second kappa shape index (κ2) is 4.01. The van der Waals surface area contributed by atoms with Gasteiger partial charge in [0.25, 0.3) is 0 Å². The zero-order valence-electron chi connectivity index (χ0n) is 9.10. The molecule has 0 radical (unpaired) electrons. The highest BCUT2D eigenvalue weighted by Crippen LogP contribution is 2.34. The van der Waals surface area contributed by atoms with E-state index in [0.717, 1.165) is 13.8 Å². The summed E-state index contributed by atoms with van der Waals surface area (Å²) in [5.74, 6) is -2.36. The molecule has 0 atom stereocenters. The summed E-state index contributed by atoms with van der Waals surface area (Å²) in [7, 11) is 0. The van der Waals surface area contributed by atoms with Crippen molar-refractivity contribution in [3.8, 4) is 0 Å². The molecule has 0 aliphatic heterocycles. The molecule has 1 aromatic carbocycles. The Morgan fingerprint density at radius 2 is 1.76 bits per heavy atom. The molecule has 1 N–H and O–H groups in total. The number of hydrogen-bond donors (Lipinski definition) is 1. The Bertz CT molecular complexity index is 449. The van der Waals surface area contributed by atoms with E-state index in [-0.39, 0.29) is 0 Å². The Morgan fingerprint density at radius 1 is 1.24 bits per heavy atom. The third-order valence-electron chi connectivity index (χ3n) is 2.50. The standard InChI is InChI=1S/C11H10F4O2/c1-10(2,9(16)17)7-5-6(11(13,14)15)3-4-8(7)12/h3-5H,1-2H3,(H,16,17). The van der Waals surface area contributed by atoms with Crippen molar-refractivity contribution in [3.63, 3.8) is 0 Å². The van der Waals surface area contributed by atoms with Gasteiger partial charge in [0.05, 0.1) is 11.0 Å². The lowest BCUT2D eigenvalue weighted by molar-refractivity contribution is -0.143. The maximum Gasteiger partial charge on any atom is 0.416 e. The molecule has 0 aromatic heterocycles. The van der Waals surface area contributed by atoms with E-state index < -0.39 is 34.5 Å². The lowest BCUT2D eigenvalue weighted by atomic mass is 9.83. The molecule has 0 aliphatic rings. The smallest absolute Gasteiger partial charge is 0.416 e. The van der Waals surface area contributed by atoms with Crippen molar-refractivity contribution in [1.29, 1.82) is 0 Å². The van der Waals surface area contributed by atoms with E-state index in [9.17, 15) is 22.4 Å². The molecule has 6 heteroatoms. The van der Waals surface area contributed by atoms with Crippen LogP contribution < -0.4 is 0 Å². The van der Waals surface area contributed by atoms with Crippen molar-refractivity contribution in [2.45, 2.75) is 25.4 Å². The topological polar surface area (TPSA) is 37.3 Å². The first-order valence-electron chi connectivity index (χ1n) is 4.67. The third kappa shape index (κ3) is 2.57. The van der Waals surface area contributed by atoms with Gasteiger partial charge in [0.15, 0.2) is 0 Å². The Kier molecular flexibility index (Phi) is 3.18. The minimum atomic E-state index is -4.63. The fourth-order valence-corrected chi connectivity index (χ4v) is 1.30. The molecular formula is C11H10F4O2. The Labute approximate surface area is 94.9 Å². The monoisotopic (exact) mass is 250 g/mol. The third-order valence-corrected chi connectivity index (χ3v) is 2.50. The molecule has 94 valence electrons. The summed E-state index contributed by atoms with van der Waals surface area (Å²) in [5.41, 5.74) is -3.27. The van der Waals surface area contributed by atoms with Crippen LogP contribution in [0.1, 0.15) is 25.0 Å². The molecule has 1 rings (SSSR count). The van der Waals surface area contributed by atoms with Gasteiger partial charge in [-0.2, -0.15) is 13.2 Å². The fourth-order valence-electron chi connectivity index (χ4n) is 1.30. The van der Waals surface area contributed by atoms with E-state index >= 15 is 0 Å². The second-order valence-corrected chi connectivity index (χ2v) is 4.12. The molecule has 0 bridgehead atoms. The highest BCUT2D eigenvalue weighted by molar-refractivity contribution is 5.80. The first-order chi connectivity index (χ1) is 7.56. The van der Waals surface area contributed by atoms with E-state index in [1.807, 2.05) is 0 Å². The van der Waals surface area contributed by atoms with Gasteiger partial charge in [-0.1, -0.05) is 0 Å². The molecule has 0 saturated heterocycles. The first kappa shape index (κ1) is 13.5. The van der Waals surface area contributed by atoms with Gasteiger partial charge in [-0.3, -0.25) is 4.79 Å². The Balaban J connectivity index is 3.39. The van der Waals surface area contributed by atoms with Gasteiger partial charge in [0.1, 0.15) is 5.82 Å². The number of carbonyl (C=O) groups is 1. The van der Waals surface area contributed by atoms with Crippen molar-refractivity contribution in [2.75, 3.05) is 0 Å². The summed E-state index contributed by atoms with van der Waals surface area (Å²) < 4.78 is 50.6. The van der Waals surface area contributed by atoms with Gasteiger partial charge < -0.3 is 5.11 Å². The number of rotatable bonds is 2. The minimum absolute atomic E-state index is 0.486. The first-order valence-corrected chi connectivity index (χ1v) is 4.67. The number of hydrogen-bond acceptors (Lipinski definition) is 1. The predicted molar refractivity (Wildman–Crippen MR) is 52.1 cm³/mol. The molecule has 0 fully saturated rings. The van der Waals surface area contributed by atoms with Crippen molar-refractivity contribution in [1.82, 2.24) is 0 Å². The number of aliphatic carboxylic acids is 1. The molecule has 0 aliphatic carbocycles. The molecule has 0 unspecified atom stereocenters. The maximum absolute atomic E-state index is 13.4. The van der Waals surface area contributed by atoms with Crippen LogP contribution in [0.5, 0.6) is 0 Å². The van der Waals surface area contributed by atoms with Crippen molar-refractivity contribution >= 4 is 5.97 Å². The van der Waals surface area contributed by atoms with E-state index in [2.05, 4.69) is 0 Å². The molecule has 0 amide bonds. The fraction of sp³-hybridized carbons (Fsp3) is 0.364. The molecule has 2 nitrogen and oxygen atoms in total. The summed E-state index contributed by atoms with van der Waals surface area (Å²) in [6, 6.07) is 1.74. The largest absolute Gasteiger partial charge is 0.481 e. The number of alkyl halides is 3. The minimum Gasteiger partial charge on any atom is -0.481 e. The maximum atomic E-state index is 13.4. The summed E-state index contributed by atoms with van der Waals surface area (Å²) in [5, 5.41) is 8.86. The molecular weight excluding hydrogens is 240 g/mol. The zero-order chi connectivity index (χ0) is 13.4. The normalized spacial score (nSPS) is 12.6. The molecule has 0 heterocycles. The average molecular weight is 250 g/mol. The summed E-state index contributed by atoms with van der Waals surface area (Å²) in [4.78, 5) is 10.9. The van der Waals surface area contributed by atoms with E-state index in [1.165, 1.54) is 0 Å². The molecule has 1 aromatic rings. The van der Waals surface area contributed by atoms with Crippen LogP contribution in [0.25, 0.3) is 0 Å². The lowest BCUT2D eigenvalue weighted by Crippen LogP contribution is -2.30. The number of carboxylic acid groups (broad SMARTS) is 1. The van der Waals surface area contributed by atoms with Crippen LogP contribution in [0.4, 0.5) is 17.6 Å². The number of carboxylic acids is 1. The van der Waals surface area contributed by atoms with Crippen LogP contribution in [0.3, 0.4) is 0 Å². The van der Waals surface area contributed by atoms with Crippen LogP contribution in [-0.4, -0.2) is 11.1 Å². The summed E-state index contributed by atoms with van der Waals surface area (Å²) >= 11 is 0. The quantitative estimate of drug-likeness (QED) is 0.818. The van der Waals surface area contributed by atoms with Crippen LogP contribution in [-0.2, 0) is 16.4 Å². The highest BCUT2D eigenvalue weighted by Gasteiger charge is 2.36. The van der Waals surface area contributed by atoms with Crippen molar-refractivity contribution in [3.05, 3.63) is 35.1 Å². The summed E-state index contributed by atoms with van der Waals surface area (Å²) in [6.07, 6.45) is -4.63. The number of halogens is 4.